The van der Waals surface area contributed by atoms with Crippen LogP contribution in [0.2, 0.25) is 0 Å². The van der Waals surface area contributed by atoms with Crippen LogP contribution in [0.4, 0.5) is 0 Å². The molecular formula is C10H16ClN. The molecule has 0 bridgehead atoms. The molecule has 0 aliphatic rings. The van der Waals surface area contributed by atoms with Gasteiger partial charge in [-0.05, 0) is 26.3 Å². The highest BCUT2D eigenvalue weighted by Gasteiger charge is 1.90. The zero-order valence-electron chi connectivity index (χ0n) is 8.02. The van der Waals surface area contributed by atoms with Crippen molar-refractivity contribution in [3.05, 3.63) is 23.4 Å². The first kappa shape index (κ1) is 11.4. The minimum atomic E-state index is 0.528. The van der Waals surface area contributed by atoms with Crippen LogP contribution in [0.25, 0.3) is 0 Å². The molecule has 12 heavy (non-hydrogen) atoms. The third kappa shape index (κ3) is 6.17. The standard InChI is InChI=1S/C10H16ClN/c1-5-6-9(3)12-10(4)7-8(2)11/h7H,2,5-6H2,1,3-4H3/b10-7-,12-9?. The van der Waals surface area contributed by atoms with Crippen LogP contribution in [0.1, 0.15) is 33.6 Å². The van der Waals surface area contributed by atoms with E-state index >= 15 is 0 Å². The van der Waals surface area contributed by atoms with Gasteiger partial charge in [-0.1, -0.05) is 31.5 Å². The second-order valence-electron chi connectivity index (χ2n) is 2.83. The van der Waals surface area contributed by atoms with Crippen molar-refractivity contribution in [1.29, 1.82) is 0 Å². The van der Waals surface area contributed by atoms with Crippen LogP contribution in [0.5, 0.6) is 0 Å². The Hall–Kier alpha value is -0.560. The molecule has 0 aliphatic heterocycles. The lowest BCUT2D eigenvalue weighted by Gasteiger charge is -1.97. The van der Waals surface area contributed by atoms with Gasteiger partial charge in [-0.3, -0.25) is 4.99 Å². The minimum absolute atomic E-state index is 0.528. The SMILES string of the molecule is C=C(Cl)/C=C(/C)N=C(C)CCC. The predicted octanol–water partition coefficient (Wildman–Crippen LogP) is 3.90. The third-order valence-electron chi connectivity index (χ3n) is 1.34. The zero-order chi connectivity index (χ0) is 9.56. The van der Waals surface area contributed by atoms with E-state index in [2.05, 4.69) is 18.5 Å². The number of hydrogen-bond donors (Lipinski definition) is 0. The van der Waals surface area contributed by atoms with Crippen LogP contribution in [-0.4, -0.2) is 5.71 Å². The van der Waals surface area contributed by atoms with Gasteiger partial charge in [0.2, 0.25) is 0 Å². The fourth-order valence-electron chi connectivity index (χ4n) is 0.978. The molecule has 1 nitrogen and oxygen atoms in total. The maximum atomic E-state index is 5.59. The number of halogens is 1. The topological polar surface area (TPSA) is 12.4 Å². The summed E-state index contributed by atoms with van der Waals surface area (Å²) >= 11 is 5.59. The van der Waals surface area contributed by atoms with Gasteiger partial charge in [0, 0.05) is 16.4 Å². The molecule has 0 aliphatic carbocycles. The number of aliphatic imine (C=N–C) groups is 1. The molecule has 0 N–H and O–H groups in total. The summed E-state index contributed by atoms with van der Waals surface area (Å²) in [5, 5.41) is 0.528. The summed E-state index contributed by atoms with van der Waals surface area (Å²) in [5.74, 6) is 0. The van der Waals surface area contributed by atoms with Crippen molar-refractivity contribution in [3.8, 4) is 0 Å². The first-order chi connectivity index (χ1) is 5.56. The molecule has 0 unspecified atom stereocenters. The maximum Gasteiger partial charge on any atom is 0.0386 e. The summed E-state index contributed by atoms with van der Waals surface area (Å²) in [6.07, 6.45) is 3.94. The van der Waals surface area contributed by atoms with Gasteiger partial charge in [0.05, 0.1) is 0 Å². The second-order valence-corrected chi connectivity index (χ2v) is 3.32. The van der Waals surface area contributed by atoms with Crippen molar-refractivity contribution < 1.29 is 0 Å². The van der Waals surface area contributed by atoms with Crippen molar-refractivity contribution in [1.82, 2.24) is 0 Å². The Morgan fingerprint density at radius 3 is 2.50 bits per heavy atom. The lowest BCUT2D eigenvalue weighted by atomic mass is 10.2. The van der Waals surface area contributed by atoms with Gasteiger partial charge in [-0.2, -0.15) is 0 Å². The van der Waals surface area contributed by atoms with Crippen molar-refractivity contribution in [2.75, 3.05) is 0 Å². The molecule has 0 fully saturated rings. The number of hydrogen-bond acceptors (Lipinski definition) is 1. The van der Waals surface area contributed by atoms with Gasteiger partial charge < -0.3 is 0 Å². The van der Waals surface area contributed by atoms with Crippen LogP contribution in [0.15, 0.2) is 28.4 Å². The highest BCUT2D eigenvalue weighted by molar-refractivity contribution is 6.30. The molecule has 0 rings (SSSR count). The summed E-state index contributed by atoms with van der Waals surface area (Å²) in [7, 11) is 0. The van der Waals surface area contributed by atoms with E-state index < -0.39 is 0 Å². The van der Waals surface area contributed by atoms with E-state index in [9.17, 15) is 0 Å². The Bertz CT molecular complexity index is 214. The maximum absolute atomic E-state index is 5.59. The average molecular weight is 186 g/mol. The van der Waals surface area contributed by atoms with Crippen LogP contribution >= 0.6 is 11.6 Å². The number of rotatable bonds is 4. The molecule has 0 amide bonds. The Morgan fingerprint density at radius 1 is 1.50 bits per heavy atom. The van der Waals surface area contributed by atoms with E-state index in [-0.39, 0.29) is 0 Å². The van der Waals surface area contributed by atoms with Gasteiger partial charge in [-0.25, -0.2) is 0 Å². The number of nitrogens with zero attached hydrogens (tertiary/aromatic N) is 1. The third-order valence-corrected chi connectivity index (χ3v) is 1.45. The summed E-state index contributed by atoms with van der Waals surface area (Å²) < 4.78 is 0. The largest absolute Gasteiger partial charge is 0.263 e. The van der Waals surface area contributed by atoms with E-state index in [1.807, 2.05) is 13.8 Å². The molecule has 0 aromatic carbocycles. The van der Waals surface area contributed by atoms with E-state index in [1.54, 1.807) is 6.08 Å². The molecule has 0 atom stereocenters. The molecule has 0 saturated carbocycles. The van der Waals surface area contributed by atoms with Gasteiger partial charge in [-0.15, -0.1) is 0 Å². The summed E-state index contributed by atoms with van der Waals surface area (Å²) in [4.78, 5) is 4.34. The van der Waals surface area contributed by atoms with Crippen LogP contribution in [0.3, 0.4) is 0 Å². The van der Waals surface area contributed by atoms with Crippen LogP contribution < -0.4 is 0 Å². The molecule has 0 saturated heterocycles. The molecule has 0 heterocycles. The Balaban J connectivity index is 4.22. The zero-order valence-corrected chi connectivity index (χ0v) is 8.78. The van der Waals surface area contributed by atoms with Gasteiger partial charge in [0.1, 0.15) is 0 Å². The van der Waals surface area contributed by atoms with E-state index in [1.165, 1.54) is 0 Å². The van der Waals surface area contributed by atoms with Crippen molar-refractivity contribution in [3.63, 3.8) is 0 Å². The van der Waals surface area contributed by atoms with Gasteiger partial charge in [0.25, 0.3) is 0 Å². The highest BCUT2D eigenvalue weighted by atomic mass is 35.5. The van der Waals surface area contributed by atoms with E-state index in [4.69, 9.17) is 11.6 Å². The Kier molecular flexibility index (Phi) is 5.73. The van der Waals surface area contributed by atoms with E-state index in [0.717, 1.165) is 24.3 Å². The lowest BCUT2D eigenvalue weighted by Crippen LogP contribution is -1.89. The summed E-state index contributed by atoms with van der Waals surface area (Å²) in [6.45, 7) is 9.65. The fourth-order valence-corrected chi connectivity index (χ4v) is 1.14. The molecule has 2 heteroatoms. The van der Waals surface area contributed by atoms with Crippen molar-refractivity contribution >= 4 is 17.3 Å². The first-order valence-corrected chi connectivity index (χ1v) is 4.51. The van der Waals surface area contributed by atoms with Crippen LogP contribution in [-0.2, 0) is 0 Å². The Morgan fingerprint density at radius 2 is 2.08 bits per heavy atom. The van der Waals surface area contributed by atoms with Crippen molar-refractivity contribution in [2.24, 2.45) is 4.99 Å². The lowest BCUT2D eigenvalue weighted by molar-refractivity contribution is 0.983. The predicted molar refractivity (Wildman–Crippen MR) is 56.8 cm³/mol. The number of allylic oxidation sites excluding steroid dienone is 3. The quantitative estimate of drug-likeness (QED) is 0.465. The monoisotopic (exact) mass is 185 g/mol. The van der Waals surface area contributed by atoms with Crippen LogP contribution in [0, 0.1) is 0 Å². The second kappa shape index (κ2) is 6.01. The van der Waals surface area contributed by atoms with Gasteiger partial charge in [0.15, 0.2) is 0 Å². The average Bonchev–Trinajstić information content (AvgIpc) is 1.84. The molecule has 0 aromatic heterocycles. The normalized spacial score (nSPS) is 13.3. The summed E-state index contributed by atoms with van der Waals surface area (Å²) in [6, 6.07) is 0. The minimum Gasteiger partial charge on any atom is -0.263 e. The molecule has 0 radical (unpaired) electrons. The smallest absolute Gasteiger partial charge is 0.0386 e. The Labute approximate surface area is 79.8 Å². The molecule has 68 valence electrons. The van der Waals surface area contributed by atoms with E-state index in [0.29, 0.717) is 5.03 Å². The molecular weight excluding hydrogens is 170 g/mol. The van der Waals surface area contributed by atoms with Gasteiger partial charge >= 0.3 is 0 Å². The molecule has 0 aromatic rings. The van der Waals surface area contributed by atoms with Crippen molar-refractivity contribution in [2.45, 2.75) is 33.6 Å². The molecule has 0 spiro atoms. The fraction of sp³-hybridized carbons (Fsp3) is 0.500. The first-order valence-electron chi connectivity index (χ1n) is 4.13. The summed E-state index contributed by atoms with van der Waals surface area (Å²) in [5.41, 5.74) is 2.06. The highest BCUT2D eigenvalue weighted by Crippen LogP contribution is 2.06.